The molecule has 162 valence electrons. The summed E-state index contributed by atoms with van der Waals surface area (Å²) in [7, 11) is 4.40. The highest BCUT2D eigenvalue weighted by Crippen LogP contribution is 2.38. The minimum absolute atomic E-state index is 0.0213. The Morgan fingerprint density at radius 3 is 2.16 bits per heavy atom. The number of hydrogen-bond acceptors (Lipinski definition) is 8. The molecule has 11 heteroatoms. The maximum absolute atomic E-state index is 12.5. The number of carbonyl (C=O) groups is 3. The van der Waals surface area contributed by atoms with Gasteiger partial charge in [0.05, 0.1) is 37.4 Å². The van der Waals surface area contributed by atoms with Crippen molar-refractivity contribution < 1.29 is 33.5 Å². The zero-order valence-electron chi connectivity index (χ0n) is 17.0. The zero-order chi connectivity index (χ0) is 22.7. The number of nitrogens with one attached hydrogen (secondary N) is 1. The fraction of sp³-hybridized carbons (Fsp3) is 0.250. The summed E-state index contributed by atoms with van der Waals surface area (Å²) < 4.78 is 15.8. The van der Waals surface area contributed by atoms with Crippen LogP contribution in [-0.4, -0.2) is 55.4 Å². The Balaban J connectivity index is 1.70. The summed E-state index contributed by atoms with van der Waals surface area (Å²) in [5.74, 6) is -0.802. The minimum Gasteiger partial charge on any atom is -0.493 e. The monoisotopic (exact) mass is 429 g/mol. The standard InChI is InChI=1S/C20H19N3O8/c1-29-15-6-11(7-16(30-2)18(15)31-3)9-21-17(24)10-22-19(25)13-5-4-12(23(27)28)8-14(13)20(22)26/h4-8H,9-10H2,1-3H3,(H,21,24). The maximum atomic E-state index is 12.5. The first-order valence-corrected chi connectivity index (χ1v) is 9.01. The van der Waals surface area contributed by atoms with Gasteiger partial charge in [-0.3, -0.25) is 29.4 Å². The first-order chi connectivity index (χ1) is 14.8. The van der Waals surface area contributed by atoms with Gasteiger partial charge in [-0.25, -0.2) is 0 Å². The summed E-state index contributed by atoms with van der Waals surface area (Å²) in [6.07, 6.45) is 0. The average molecular weight is 429 g/mol. The van der Waals surface area contributed by atoms with Crippen molar-refractivity contribution >= 4 is 23.4 Å². The lowest BCUT2D eigenvalue weighted by Gasteiger charge is -2.16. The van der Waals surface area contributed by atoms with Crippen LogP contribution in [0.2, 0.25) is 0 Å². The van der Waals surface area contributed by atoms with E-state index in [-0.39, 0.29) is 23.4 Å². The van der Waals surface area contributed by atoms with Crippen molar-refractivity contribution in [2.24, 2.45) is 0 Å². The van der Waals surface area contributed by atoms with Crippen LogP contribution in [0, 0.1) is 10.1 Å². The molecule has 0 atom stereocenters. The van der Waals surface area contributed by atoms with Gasteiger partial charge in [-0.1, -0.05) is 0 Å². The molecule has 3 rings (SSSR count). The number of imide groups is 1. The molecule has 0 saturated carbocycles. The molecule has 2 aromatic carbocycles. The third-order valence-electron chi connectivity index (χ3n) is 4.68. The highest BCUT2D eigenvalue weighted by molar-refractivity contribution is 6.22. The number of fused-ring (bicyclic) bond motifs is 1. The Hall–Kier alpha value is -4.15. The van der Waals surface area contributed by atoms with Gasteiger partial charge in [-0.05, 0) is 23.8 Å². The molecule has 0 aliphatic carbocycles. The molecule has 3 amide bonds. The molecule has 11 nitrogen and oxygen atoms in total. The molecule has 0 aromatic heterocycles. The van der Waals surface area contributed by atoms with Crippen LogP contribution in [-0.2, 0) is 11.3 Å². The van der Waals surface area contributed by atoms with Crippen LogP contribution in [0.5, 0.6) is 17.2 Å². The van der Waals surface area contributed by atoms with Crippen molar-refractivity contribution in [2.75, 3.05) is 27.9 Å². The Bertz CT molecular complexity index is 1060. The summed E-state index contributed by atoms with van der Waals surface area (Å²) in [6.45, 7) is -0.450. The Kier molecular flexibility index (Phi) is 6.05. The van der Waals surface area contributed by atoms with Crippen LogP contribution < -0.4 is 19.5 Å². The van der Waals surface area contributed by atoms with E-state index in [9.17, 15) is 24.5 Å². The van der Waals surface area contributed by atoms with E-state index in [0.717, 1.165) is 17.0 Å². The highest BCUT2D eigenvalue weighted by Gasteiger charge is 2.37. The second-order valence-corrected chi connectivity index (χ2v) is 6.49. The van der Waals surface area contributed by atoms with E-state index in [1.165, 1.54) is 27.4 Å². The summed E-state index contributed by atoms with van der Waals surface area (Å²) in [6, 6.07) is 6.69. The number of hydrogen-bond donors (Lipinski definition) is 1. The van der Waals surface area contributed by atoms with Gasteiger partial charge in [0, 0.05) is 18.7 Å². The molecule has 2 aromatic rings. The molecule has 1 heterocycles. The van der Waals surface area contributed by atoms with Crippen LogP contribution in [0.15, 0.2) is 30.3 Å². The van der Waals surface area contributed by atoms with Gasteiger partial charge < -0.3 is 19.5 Å². The molecule has 0 bridgehead atoms. The van der Waals surface area contributed by atoms with Gasteiger partial charge in [0.2, 0.25) is 11.7 Å². The van der Waals surface area contributed by atoms with Crippen LogP contribution in [0.3, 0.4) is 0 Å². The van der Waals surface area contributed by atoms with Gasteiger partial charge in [0.15, 0.2) is 11.5 Å². The number of nitro benzene ring substituents is 1. The molecule has 0 fully saturated rings. The average Bonchev–Trinajstić information content (AvgIpc) is 3.00. The smallest absolute Gasteiger partial charge is 0.270 e. The van der Waals surface area contributed by atoms with Crippen LogP contribution in [0.1, 0.15) is 26.3 Å². The predicted octanol–water partition coefficient (Wildman–Crippen LogP) is 1.53. The topological polar surface area (TPSA) is 137 Å². The third kappa shape index (κ3) is 4.10. The van der Waals surface area contributed by atoms with E-state index in [0.29, 0.717) is 22.8 Å². The molecule has 31 heavy (non-hydrogen) atoms. The van der Waals surface area contributed by atoms with E-state index >= 15 is 0 Å². The molecule has 0 unspecified atom stereocenters. The molecular weight excluding hydrogens is 410 g/mol. The summed E-state index contributed by atoms with van der Waals surface area (Å²) in [4.78, 5) is 48.3. The number of amides is 3. The van der Waals surface area contributed by atoms with Gasteiger partial charge in [-0.15, -0.1) is 0 Å². The SMILES string of the molecule is COc1cc(CNC(=O)CN2C(=O)c3ccc([N+](=O)[O-])cc3C2=O)cc(OC)c1OC. The highest BCUT2D eigenvalue weighted by atomic mass is 16.6. The van der Waals surface area contributed by atoms with E-state index in [4.69, 9.17) is 14.2 Å². The van der Waals surface area contributed by atoms with Crippen molar-refractivity contribution in [3.63, 3.8) is 0 Å². The molecule has 0 spiro atoms. The molecule has 0 saturated heterocycles. The van der Waals surface area contributed by atoms with E-state index in [1.807, 2.05) is 0 Å². The lowest BCUT2D eigenvalue weighted by atomic mass is 10.1. The normalized spacial score (nSPS) is 12.4. The summed E-state index contributed by atoms with van der Waals surface area (Å²) in [5.41, 5.74) is 0.249. The van der Waals surface area contributed by atoms with Crippen LogP contribution >= 0.6 is 0 Å². The fourth-order valence-corrected chi connectivity index (χ4v) is 3.17. The number of nitrogens with zero attached hydrogens (tertiary/aromatic N) is 2. The van der Waals surface area contributed by atoms with Gasteiger partial charge in [0.1, 0.15) is 6.54 Å². The fourth-order valence-electron chi connectivity index (χ4n) is 3.17. The lowest BCUT2D eigenvalue weighted by Crippen LogP contribution is -2.40. The summed E-state index contributed by atoms with van der Waals surface area (Å²) >= 11 is 0. The molecule has 1 aliphatic heterocycles. The van der Waals surface area contributed by atoms with Gasteiger partial charge >= 0.3 is 0 Å². The lowest BCUT2D eigenvalue weighted by molar-refractivity contribution is -0.384. The first kappa shape index (κ1) is 21.6. The molecule has 0 radical (unpaired) electrons. The number of rotatable bonds is 8. The van der Waals surface area contributed by atoms with Crippen molar-refractivity contribution in [3.8, 4) is 17.2 Å². The number of carbonyl (C=O) groups excluding carboxylic acids is 3. The van der Waals surface area contributed by atoms with Crippen molar-refractivity contribution in [2.45, 2.75) is 6.54 Å². The summed E-state index contributed by atoms with van der Waals surface area (Å²) in [5, 5.41) is 13.5. The van der Waals surface area contributed by atoms with E-state index < -0.39 is 29.2 Å². The van der Waals surface area contributed by atoms with E-state index in [2.05, 4.69) is 5.32 Å². The molecular formula is C20H19N3O8. The predicted molar refractivity (Wildman–Crippen MR) is 106 cm³/mol. The quantitative estimate of drug-likeness (QED) is 0.379. The first-order valence-electron chi connectivity index (χ1n) is 9.01. The number of benzene rings is 2. The van der Waals surface area contributed by atoms with Gasteiger partial charge in [-0.2, -0.15) is 0 Å². The number of nitro groups is 1. The molecule has 1 aliphatic rings. The Morgan fingerprint density at radius 1 is 1.00 bits per heavy atom. The number of non-ortho nitro benzene ring substituents is 1. The minimum atomic E-state index is -0.758. The second kappa shape index (κ2) is 8.69. The Morgan fingerprint density at radius 2 is 1.61 bits per heavy atom. The molecule has 1 N–H and O–H groups in total. The second-order valence-electron chi connectivity index (χ2n) is 6.49. The van der Waals surface area contributed by atoms with Crippen molar-refractivity contribution in [1.82, 2.24) is 10.2 Å². The third-order valence-corrected chi connectivity index (χ3v) is 4.68. The van der Waals surface area contributed by atoms with Gasteiger partial charge in [0.25, 0.3) is 17.5 Å². The largest absolute Gasteiger partial charge is 0.493 e. The van der Waals surface area contributed by atoms with E-state index in [1.54, 1.807) is 12.1 Å². The Labute approximate surface area is 176 Å². The number of ether oxygens (including phenoxy) is 3. The van der Waals surface area contributed by atoms with Crippen molar-refractivity contribution in [1.29, 1.82) is 0 Å². The zero-order valence-corrected chi connectivity index (χ0v) is 17.0. The van der Waals surface area contributed by atoms with Crippen LogP contribution in [0.4, 0.5) is 5.69 Å². The maximum Gasteiger partial charge on any atom is 0.270 e. The number of methoxy groups -OCH3 is 3. The van der Waals surface area contributed by atoms with Crippen LogP contribution in [0.25, 0.3) is 0 Å². The van der Waals surface area contributed by atoms with Crippen molar-refractivity contribution in [3.05, 3.63) is 57.1 Å².